The molecule has 3 aromatic carbocycles. The number of nitrogens with zero attached hydrogens (tertiary/aromatic N) is 1. The number of anilines is 2. The quantitative estimate of drug-likeness (QED) is 0.572. The van der Waals surface area contributed by atoms with Gasteiger partial charge in [-0.25, -0.2) is 17.2 Å². The molecule has 0 spiro atoms. The molecule has 0 aliphatic carbocycles. The van der Waals surface area contributed by atoms with Crippen LogP contribution in [0.25, 0.3) is 0 Å². The minimum atomic E-state index is -4.04. The second-order valence-electron chi connectivity index (χ2n) is 9.00. The highest BCUT2D eigenvalue weighted by molar-refractivity contribution is 7.92. The van der Waals surface area contributed by atoms with E-state index in [1.807, 2.05) is 26.8 Å². The van der Waals surface area contributed by atoms with Gasteiger partial charge in [-0.2, -0.15) is 0 Å². The van der Waals surface area contributed by atoms with Crippen LogP contribution in [-0.2, 0) is 20.2 Å². The fourth-order valence-electron chi connectivity index (χ4n) is 3.61. The van der Waals surface area contributed by atoms with Crippen molar-refractivity contribution in [2.75, 3.05) is 16.2 Å². The zero-order chi connectivity index (χ0) is 24.7. The van der Waals surface area contributed by atoms with Crippen molar-refractivity contribution in [3.8, 4) is 5.75 Å². The largest absolute Gasteiger partial charge is 0.476 e. The molecule has 1 N–H and O–H groups in total. The van der Waals surface area contributed by atoms with Gasteiger partial charge in [0.25, 0.3) is 15.9 Å². The number of carbonyl (C=O) groups excluding carboxylic acids is 1. The first-order chi connectivity index (χ1) is 16.0. The fourth-order valence-corrected chi connectivity index (χ4v) is 5.09. The van der Waals surface area contributed by atoms with E-state index in [-0.39, 0.29) is 28.3 Å². The fraction of sp³-hybridized carbons (Fsp3) is 0.240. The maximum absolute atomic E-state index is 14.1. The van der Waals surface area contributed by atoms with Crippen molar-refractivity contribution in [3.63, 3.8) is 0 Å². The number of halogens is 2. The summed E-state index contributed by atoms with van der Waals surface area (Å²) in [6.45, 7) is 5.68. The van der Waals surface area contributed by atoms with E-state index in [2.05, 4.69) is 5.32 Å². The predicted octanol–water partition coefficient (Wildman–Crippen LogP) is 4.86. The van der Waals surface area contributed by atoms with E-state index in [9.17, 15) is 22.0 Å². The van der Waals surface area contributed by atoms with Crippen LogP contribution >= 0.6 is 0 Å². The summed E-state index contributed by atoms with van der Waals surface area (Å²) < 4.78 is 61.4. The molecule has 34 heavy (non-hydrogen) atoms. The number of fused-ring (bicyclic) bond motifs is 1. The number of carbonyl (C=O) groups is 1. The molecule has 0 aromatic heterocycles. The van der Waals surface area contributed by atoms with Crippen LogP contribution in [0.1, 0.15) is 26.3 Å². The Kier molecular flexibility index (Phi) is 6.07. The summed E-state index contributed by atoms with van der Waals surface area (Å²) in [7, 11) is -4.04. The molecule has 6 nitrogen and oxygen atoms in total. The molecule has 1 aliphatic heterocycles. The molecular formula is C25H24F2N2O4S. The van der Waals surface area contributed by atoms with Crippen LogP contribution in [0, 0.1) is 11.6 Å². The first-order valence-electron chi connectivity index (χ1n) is 10.6. The van der Waals surface area contributed by atoms with Gasteiger partial charge in [-0.1, -0.05) is 45.0 Å². The Morgan fingerprint density at radius 3 is 2.38 bits per heavy atom. The molecule has 4 rings (SSSR count). The molecule has 3 aromatic rings. The number of hydrogen-bond acceptors (Lipinski definition) is 4. The smallest absolute Gasteiger partial charge is 0.267 e. The Bertz CT molecular complexity index is 1340. The van der Waals surface area contributed by atoms with Crippen molar-refractivity contribution in [3.05, 3.63) is 83.9 Å². The maximum Gasteiger partial charge on any atom is 0.267 e. The third kappa shape index (κ3) is 4.61. The number of rotatable bonds is 4. The van der Waals surface area contributed by atoms with Crippen LogP contribution in [0.4, 0.5) is 20.2 Å². The summed E-state index contributed by atoms with van der Waals surface area (Å²) in [5.41, 5.74) is 0.708. The van der Waals surface area contributed by atoms with E-state index < -0.39 is 33.7 Å². The highest BCUT2D eigenvalue weighted by Gasteiger charge is 2.38. The first-order valence-corrected chi connectivity index (χ1v) is 12.1. The second-order valence-corrected chi connectivity index (χ2v) is 10.9. The Balaban J connectivity index is 1.74. The average molecular weight is 487 g/mol. The maximum atomic E-state index is 14.1. The van der Waals surface area contributed by atoms with Gasteiger partial charge in [-0.3, -0.25) is 9.10 Å². The topological polar surface area (TPSA) is 75.7 Å². The van der Waals surface area contributed by atoms with Crippen LogP contribution < -0.4 is 14.4 Å². The normalized spacial score (nSPS) is 15.9. The predicted molar refractivity (Wildman–Crippen MR) is 126 cm³/mol. The summed E-state index contributed by atoms with van der Waals surface area (Å²) in [5.74, 6) is -2.29. The second kappa shape index (κ2) is 8.72. The van der Waals surface area contributed by atoms with Gasteiger partial charge >= 0.3 is 0 Å². The molecule has 0 saturated carbocycles. The van der Waals surface area contributed by atoms with Crippen LogP contribution in [0.2, 0.25) is 0 Å². The van der Waals surface area contributed by atoms with Gasteiger partial charge in [0.15, 0.2) is 6.10 Å². The number of ether oxygens (including phenoxy) is 1. The monoisotopic (exact) mass is 486 g/mol. The Morgan fingerprint density at radius 1 is 1.03 bits per heavy atom. The van der Waals surface area contributed by atoms with Gasteiger partial charge in [0, 0.05) is 6.07 Å². The van der Waals surface area contributed by atoms with E-state index in [0.29, 0.717) is 11.8 Å². The van der Waals surface area contributed by atoms with Gasteiger partial charge in [-0.05, 0) is 47.4 Å². The van der Waals surface area contributed by atoms with Crippen LogP contribution in [0.3, 0.4) is 0 Å². The molecule has 0 fully saturated rings. The Morgan fingerprint density at radius 2 is 1.74 bits per heavy atom. The van der Waals surface area contributed by atoms with Crippen molar-refractivity contribution in [2.45, 2.75) is 37.2 Å². The van der Waals surface area contributed by atoms with Crippen molar-refractivity contribution < 1.29 is 26.7 Å². The lowest BCUT2D eigenvalue weighted by Gasteiger charge is -2.36. The third-order valence-corrected chi connectivity index (χ3v) is 7.30. The number of sulfonamides is 1. The molecule has 0 radical (unpaired) electrons. The summed E-state index contributed by atoms with van der Waals surface area (Å²) in [4.78, 5) is 13.0. The Labute approximate surface area is 197 Å². The summed E-state index contributed by atoms with van der Waals surface area (Å²) in [6, 6.07) is 15.8. The molecule has 0 bridgehead atoms. The average Bonchev–Trinajstić information content (AvgIpc) is 2.79. The summed E-state index contributed by atoms with van der Waals surface area (Å²) in [5, 5.41) is 2.36. The lowest BCUT2D eigenvalue weighted by Crippen LogP contribution is -2.49. The number of amides is 1. The van der Waals surface area contributed by atoms with Crippen molar-refractivity contribution in [1.82, 2.24) is 0 Å². The SMILES string of the molecule is CC(C)(C)c1ccc2c(c1)N(S(=O)(=O)c1ccccc1)CC(C(=O)Nc1ccc(F)cc1F)O2. The van der Waals surface area contributed by atoms with Crippen molar-refractivity contribution >= 4 is 27.3 Å². The molecule has 1 aliphatic rings. The molecular weight excluding hydrogens is 462 g/mol. The van der Waals surface area contributed by atoms with E-state index in [1.165, 1.54) is 12.1 Å². The van der Waals surface area contributed by atoms with Crippen molar-refractivity contribution in [2.24, 2.45) is 0 Å². The molecule has 178 valence electrons. The minimum absolute atomic E-state index is 0.0627. The molecule has 1 unspecified atom stereocenters. The van der Waals surface area contributed by atoms with Gasteiger partial charge in [0.05, 0.1) is 22.8 Å². The van der Waals surface area contributed by atoms with Gasteiger partial charge in [-0.15, -0.1) is 0 Å². The number of nitrogens with one attached hydrogen (secondary N) is 1. The van der Waals surface area contributed by atoms with E-state index >= 15 is 0 Å². The minimum Gasteiger partial charge on any atom is -0.476 e. The van der Waals surface area contributed by atoms with Crippen LogP contribution in [0.5, 0.6) is 5.75 Å². The zero-order valence-electron chi connectivity index (χ0n) is 18.9. The van der Waals surface area contributed by atoms with Crippen LogP contribution in [-0.4, -0.2) is 27.0 Å². The van der Waals surface area contributed by atoms with Crippen molar-refractivity contribution in [1.29, 1.82) is 0 Å². The number of benzene rings is 3. The molecule has 1 amide bonds. The summed E-state index contributed by atoms with van der Waals surface area (Å²) in [6.07, 6.45) is -1.27. The van der Waals surface area contributed by atoms with E-state index in [0.717, 1.165) is 22.0 Å². The summed E-state index contributed by atoms with van der Waals surface area (Å²) >= 11 is 0. The molecule has 0 saturated heterocycles. The van der Waals surface area contributed by atoms with Crippen LogP contribution in [0.15, 0.2) is 71.6 Å². The third-order valence-electron chi connectivity index (χ3n) is 5.51. The Hall–Kier alpha value is -3.46. The molecule has 1 heterocycles. The standard InChI is InChI=1S/C25H24F2N2O4S/c1-25(2,3)16-9-12-22-21(13-16)29(34(31,32)18-7-5-4-6-8-18)15-23(33-22)24(30)28-20-11-10-17(26)14-19(20)27/h4-14,23H,15H2,1-3H3,(H,28,30). The highest BCUT2D eigenvalue weighted by Crippen LogP contribution is 2.40. The molecule has 9 heteroatoms. The lowest BCUT2D eigenvalue weighted by molar-refractivity contribution is -0.122. The van der Waals surface area contributed by atoms with E-state index in [1.54, 1.807) is 30.3 Å². The lowest BCUT2D eigenvalue weighted by atomic mass is 9.86. The first kappa shape index (κ1) is 23.7. The van der Waals surface area contributed by atoms with Gasteiger partial charge < -0.3 is 10.1 Å². The zero-order valence-corrected chi connectivity index (χ0v) is 19.7. The van der Waals surface area contributed by atoms with Gasteiger partial charge in [0.2, 0.25) is 0 Å². The van der Waals surface area contributed by atoms with Gasteiger partial charge in [0.1, 0.15) is 17.4 Å². The molecule has 1 atom stereocenters. The highest BCUT2D eigenvalue weighted by atomic mass is 32.2. The number of hydrogen-bond donors (Lipinski definition) is 1. The van der Waals surface area contributed by atoms with E-state index in [4.69, 9.17) is 4.74 Å².